The van der Waals surface area contributed by atoms with Crippen molar-refractivity contribution in [3.8, 4) is 5.75 Å². The second-order valence-electron chi connectivity index (χ2n) is 3.87. The van der Waals surface area contributed by atoms with E-state index in [-0.39, 0.29) is 13.2 Å². The lowest BCUT2D eigenvalue weighted by Crippen LogP contribution is -2.22. The first-order chi connectivity index (χ1) is 9.27. The number of carbonyl (C=O) groups is 1. The molecule has 6 nitrogen and oxygen atoms in total. The van der Waals surface area contributed by atoms with E-state index in [0.717, 1.165) is 0 Å². The summed E-state index contributed by atoms with van der Waals surface area (Å²) in [4.78, 5) is 10.0. The van der Waals surface area contributed by atoms with Crippen LogP contribution in [-0.2, 0) is 13.8 Å². The molecule has 2 rings (SSSR count). The maximum absolute atomic E-state index is 13.6. The Kier molecular flexibility index (Phi) is 4.00. The highest BCUT2D eigenvalue weighted by atomic mass is 35.7. The van der Waals surface area contributed by atoms with Crippen LogP contribution in [0.15, 0.2) is 17.0 Å². The number of cyclic esters (lactones) is 1. The van der Waals surface area contributed by atoms with Crippen LogP contribution >= 0.6 is 10.7 Å². The van der Waals surface area contributed by atoms with Crippen LogP contribution in [0.1, 0.15) is 0 Å². The maximum Gasteiger partial charge on any atom is 0.407 e. The molecule has 1 aliphatic rings. The minimum absolute atomic E-state index is 0.149. The van der Waals surface area contributed by atoms with E-state index in [2.05, 4.69) is 5.32 Å². The maximum atomic E-state index is 13.6. The number of hydrogen-bond donors (Lipinski definition) is 1. The molecule has 0 spiro atoms. The van der Waals surface area contributed by atoms with Gasteiger partial charge in [0.25, 0.3) is 9.05 Å². The van der Waals surface area contributed by atoms with Gasteiger partial charge in [0.1, 0.15) is 6.61 Å². The Balaban J connectivity index is 2.14. The van der Waals surface area contributed by atoms with Crippen LogP contribution in [0, 0.1) is 11.6 Å². The van der Waals surface area contributed by atoms with Gasteiger partial charge in [-0.1, -0.05) is 0 Å². The molecule has 20 heavy (non-hydrogen) atoms. The van der Waals surface area contributed by atoms with E-state index in [1.54, 1.807) is 0 Å². The molecule has 1 aliphatic heterocycles. The fourth-order valence-corrected chi connectivity index (χ4v) is 2.27. The minimum atomic E-state index is -4.25. The fourth-order valence-electron chi connectivity index (χ4n) is 1.52. The largest absolute Gasteiger partial charge is 0.484 e. The van der Waals surface area contributed by atoms with Crippen LogP contribution < -0.4 is 10.1 Å². The second-order valence-corrected chi connectivity index (χ2v) is 6.44. The number of alkyl carbamates (subject to hydrolysis) is 1. The molecule has 110 valence electrons. The summed E-state index contributed by atoms with van der Waals surface area (Å²) in [7, 11) is 0.739. The number of hydrogen-bond acceptors (Lipinski definition) is 5. The van der Waals surface area contributed by atoms with Crippen LogP contribution in [0.5, 0.6) is 5.75 Å². The smallest absolute Gasteiger partial charge is 0.407 e. The van der Waals surface area contributed by atoms with E-state index in [9.17, 15) is 22.0 Å². The zero-order chi connectivity index (χ0) is 14.9. The van der Waals surface area contributed by atoms with Crippen molar-refractivity contribution >= 4 is 25.8 Å². The molecule has 0 saturated carbocycles. The molecule has 1 N–H and O–H groups in total. The van der Waals surface area contributed by atoms with Gasteiger partial charge in [-0.25, -0.2) is 22.0 Å². The van der Waals surface area contributed by atoms with E-state index in [1.807, 2.05) is 0 Å². The Labute approximate surface area is 117 Å². The van der Waals surface area contributed by atoms with Gasteiger partial charge >= 0.3 is 6.09 Å². The van der Waals surface area contributed by atoms with Crippen molar-refractivity contribution in [1.82, 2.24) is 5.32 Å². The summed E-state index contributed by atoms with van der Waals surface area (Å²) in [6.07, 6.45) is -1.33. The fraction of sp³-hybridized carbons (Fsp3) is 0.300. The molecule has 10 heteroatoms. The third-order valence-corrected chi connectivity index (χ3v) is 3.75. The van der Waals surface area contributed by atoms with Crippen molar-refractivity contribution in [3.63, 3.8) is 0 Å². The van der Waals surface area contributed by atoms with Gasteiger partial charge in [0, 0.05) is 10.7 Å². The zero-order valence-electron chi connectivity index (χ0n) is 9.73. The first kappa shape index (κ1) is 14.8. The molecule has 1 unspecified atom stereocenters. The number of carbonyl (C=O) groups excluding carboxylic acids is 1. The van der Waals surface area contributed by atoms with E-state index >= 15 is 0 Å². The van der Waals surface area contributed by atoms with Gasteiger partial charge < -0.3 is 14.8 Å². The SMILES string of the molecule is O=C1NCC(COc2c(F)cc(S(=O)(=O)Cl)cc2F)O1. The van der Waals surface area contributed by atoms with Crippen LogP contribution in [-0.4, -0.2) is 33.8 Å². The molecule has 0 aromatic heterocycles. The number of benzene rings is 1. The van der Waals surface area contributed by atoms with Crippen molar-refractivity contribution in [2.45, 2.75) is 11.0 Å². The first-order valence-corrected chi connectivity index (χ1v) is 7.59. The molecular formula is C10H8ClF2NO5S. The summed E-state index contributed by atoms with van der Waals surface area (Å²) in [5.41, 5.74) is 0. The van der Waals surface area contributed by atoms with E-state index in [0.29, 0.717) is 12.1 Å². The summed E-state index contributed by atoms with van der Waals surface area (Å²) in [5.74, 6) is -3.21. The Morgan fingerprint density at radius 1 is 1.40 bits per heavy atom. The Bertz CT molecular complexity index is 628. The van der Waals surface area contributed by atoms with Gasteiger partial charge in [-0.05, 0) is 12.1 Å². The van der Waals surface area contributed by atoms with Crippen molar-refractivity contribution in [3.05, 3.63) is 23.8 Å². The Morgan fingerprint density at radius 3 is 2.45 bits per heavy atom. The lowest BCUT2D eigenvalue weighted by Gasteiger charge is -2.12. The quantitative estimate of drug-likeness (QED) is 0.845. The van der Waals surface area contributed by atoms with Crippen LogP contribution in [0.4, 0.5) is 13.6 Å². The highest BCUT2D eigenvalue weighted by molar-refractivity contribution is 8.13. The van der Waals surface area contributed by atoms with Crippen molar-refractivity contribution in [2.75, 3.05) is 13.2 Å². The Morgan fingerprint density at radius 2 is 2.00 bits per heavy atom. The molecule has 1 aromatic rings. The summed E-state index contributed by atoms with van der Waals surface area (Å²) in [6.45, 7) is -0.129. The lowest BCUT2D eigenvalue weighted by atomic mass is 10.3. The molecule has 1 saturated heterocycles. The molecule has 1 fully saturated rings. The molecule has 1 heterocycles. The number of rotatable bonds is 4. The number of ether oxygens (including phenoxy) is 2. The standard InChI is InChI=1S/C10H8ClF2NO5S/c11-20(16,17)6-1-7(12)9(8(13)2-6)18-4-5-3-14-10(15)19-5/h1-2,5H,3-4H2,(H,14,15). The lowest BCUT2D eigenvalue weighted by molar-refractivity contribution is 0.101. The minimum Gasteiger partial charge on any atom is -0.484 e. The average Bonchev–Trinajstić information content (AvgIpc) is 2.72. The van der Waals surface area contributed by atoms with Crippen molar-refractivity contribution < 1.29 is 31.5 Å². The van der Waals surface area contributed by atoms with Crippen LogP contribution in [0.2, 0.25) is 0 Å². The summed E-state index contributed by atoms with van der Waals surface area (Å²) in [5, 5.41) is 2.34. The summed E-state index contributed by atoms with van der Waals surface area (Å²) in [6, 6.07) is 1.08. The summed E-state index contributed by atoms with van der Waals surface area (Å²) >= 11 is 0. The summed E-state index contributed by atoms with van der Waals surface area (Å²) < 4.78 is 58.7. The molecule has 0 aliphatic carbocycles. The van der Waals surface area contributed by atoms with Gasteiger partial charge in [0.2, 0.25) is 0 Å². The van der Waals surface area contributed by atoms with Crippen LogP contribution in [0.25, 0.3) is 0 Å². The number of halogens is 3. The van der Waals surface area contributed by atoms with Crippen LogP contribution in [0.3, 0.4) is 0 Å². The number of nitrogens with one attached hydrogen (secondary N) is 1. The van der Waals surface area contributed by atoms with E-state index in [1.165, 1.54) is 0 Å². The van der Waals surface area contributed by atoms with Gasteiger partial charge in [0.15, 0.2) is 23.5 Å². The number of amides is 1. The molecular weight excluding hydrogens is 320 g/mol. The first-order valence-electron chi connectivity index (χ1n) is 5.28. The average molecular weight is 328 g/mol. The topological polar surface area (TPSA) is 81.7 Å². The normalized spacial score (nSPS) is 18.6. The Hall–Kier alpha value is -1.61. The third kappa shape index (κ3) is 3.28. The van der Waals surface area contributed by atoms with Crippen molar-refractivity contribution in [1.29, 1.82) is 0 Å². The predicted molar refractivity (Wildman–Crippen MR) is 63.2 cm³/mol. The molecule has 0 bridgehead atoms. The molecule has 1 amide bonds. The molecule has 0 radical (unpaired) electrons. The monoisotopic (exact) mass is 327 g/mol. The molecule has 1 aromatic carbocycles. The molecule has 1 atom stereocenters. The van der Waals surface area contributed by atoms with Gasteiger partial charge in [-0.15, -0.1) is 0 Å². The highest BCUT2D eigenvalue weighted by Crippen LogP contribution is 2.27. The predicted octanol–water partition coefficient (Wildman–Crippen LogP) is 1.38. The third-order valence-electron chi connectivity index (χ3n) is 2.41. The highest BCUT2D eigenvalue weighted by Gasteiger charge is 2.25. The van der Waals surface area contributed by atoms with Crippen molar-refractivity contribution in [2.24, 2.45) is 0 Å². The second kappa shape index (κ2) is 5.41. The van der Waals surface area contributed by atoms with Gasteiger partial charge in [-0.3, -0.25) is 0 Å². The van der Waals surface area contributed by atoms with Gasteiger partial charge in [-0.2, -0.15) is 0 Å². The van der Waals surface area contributed by atoms with E-state index in [4.69, 9.17) is 20.2 Å². The van der Waals surface area contributed by atoms with Gasteiger partial charge in [0.05, 0.1) is 11.4 Å². The zero-order valence-corrected chi connectivity index (χ0v) is 11.3. The van der Waals surface area contributed by atoms with E-state index < -0.39 is 43.5 Å².